The molecule has 0 radical (unpaired) electrons. The van der Waals surface area contributed by atoms with Gasteiger partial charge in [0.25, 0.3) is 0 Å². The Morgan fingerprint density at radius 1 is 1.41 bits per heavy atom. The molecule has 2 rings (SSSR count). The lowest BCUT2D eigenvalue weighted by molar-refractivity contribution is -0.143. The Morgan fingerprint density at radius 2 is 2.18 bits per heavy atom. The highest BCUT2D eigenvalue weighted by Crippen LogP contribution is 2.25. The smallest absolute Gasteiger partial charge is 0.307 e. The first-order valence-corrected chi connectivity index (χ1v) is 6.23. The Labute approximate surface area is 102 Å². The Morgan fingerprint density at radius 3 is 2.94 bits per heavy atom. The van der Waals surface area contributed by atoms with Crippen LogP contribution in [0, 0.1) is 0 Å². The summed E-state index contributed by atoms with van der Waals surface area (Å²) in [6.45, 7) is 2.22. The van der Waals surface area contributed by atoms with E-state index in [0.29, 0.717) is 6.61 Å². The summed E-state index contributed by atoms with van der Waals surface area (Å²) in [5, 5.41) is 0. The maximum atomic E-state index is 11.4. The van der Waals surface area contributed by atoms with Gasteiger partial charge in [0.05, 0.1) is 13.0 Å². The number of rotatable bonds is 4. The Hall–Kier alpha value is -1.35. The quantitative estimate of drug-likeness (QED) is 0.810. The molecule has 0 bridgehead atoms. The molecule has 0 aromatic heterocycles. The highest BCUT2D eigenvalue weighted by molar-refractivity contribution is 5.70. The second-order valence-corrected chi connectivity index (χ2v) is 4.50. The van der Waals surface area contributed by atoms with Crippen LogP contribution in [0.1, 0.15) is 42.5 Å². The number of hydrogen-bond donors (Lipinski definition) is 1. The Bertz CT molecular complexity index is 415. The van der Waals surface area contributed by atoms with Crippen LogP contribution in [-0.4, -0.2) is 12.6 Å². The topological polar surface area (TPSA) is 52.3 Å². The molecule has 0 heterocycles. The maximum absolute atomic E-state index is 11.4. The van der Waals surface area contributed by atoms with Crippen molar-refractivity contribution in [3.8, 4) is 0 Å². The van der Waals surface area contributed by atoms with Crippen LogP contribution in [0.5, 0.6) is 0 Å². The minimum Gasteiger partial charge on any atom is -0.466 e. The molecule has 1 aliphatic rings. The number of hydrogen-bond acceptors (Lipinski definition) is 3. The van der Waals surface area contributed by atoms with Crippen molar-refractivity contribution in [3.05, 3.63) is 34.9 Å². The van der Waals surface area contributed by atoms with E-state index >= 15 is 0 Å². The van der Waals surface area contributed by atoms with Crippen LogP contribution in [0.3, 0.4) is 0 Å². The number of benzene rings is 1. The van der Waals surface area contributed by atoms with E-state index in [1.807, 2.05) is 6.07 Å². The molecular formula is C14H19NO2. The van der Waals surface area contributed by atoms with E-state index < -0.39 is 0 Å². The van der Waals surface area contributed by atoms with Crippen LogP contribution in [0.15, 0.2) is 18.2 Å². The first kappa shape index (κ1) is 12.1. The van der Waals surface area contributed by atoms with Crippen LogP contribution in [0.4, 0.5) is 0 Å². The van der Waals surface area contributed by atoms with Crippen molar-refractivity contribution in [1.82, 2.24) is 0 Å². The molecule has 3 nitrogen and oxygen atoms in total. The van der Waals surface area contributed by atoms with Gasteiger partial charge in [-0.1, -0.05) is 18.2 Å². The van der Waals surface area contributed by atoms with Gasteiger partial charge in [-0.25, -0.2) is 0 Å². The van der Waals surface area contributed by atoms with Gasteiger partial charge in [-0.15, -0.1) is 0 Å². The van der Waals surface area contributed by atoms with Gasteiger partial charge >= 0.3 is 5.97 Å². The summed E-state index contributed by atoms with van der Waals surface area (Å²) in [6.07, 6.45) is 3.79. The fourth-order valence-corrected chi connectivity index (χ4v) is 2.34. The van der Waals surface area contributed by atoms with Crippen LogP contribution in [0.25, 0.3) is 0 Å². The summed E-state index contributed by atoms with van der Waals surface area (Å²) in [6, 6.07) is 6.07. The highest BCUT2D eigenvalue weighted by atomic mass is 16.5. The van der Waals surface area contributed by atoms with Gasteiger partial charge in [0.15, 0.2) is 0 Å². The number of ether oxygens (including phenoxy) is 1. The van der Waals surface area contributed by atoms with Crippen molar-refractivity contribution >= 4 is 5.97 Å². The van der Waals surface area contributed by atoms with Crippen LogP contribution >= 0.6 is 0 Å². The molecule has 2 N–H and O–H groups in total. The van der Waals surface area contributed by atoms with Crippen molar-refractivity contribution in [2.45, 2.75) is 38.6 Å². The van der Waals surface area contributed by atoms with Gasteiger partial charge in [0, 0.05) is 6.04 Å². The number of aryl methyl sites for hydroxylation is 2. The lowest BCUT2D eigenvalue weighted by atomic mass is 10.00. The van der Waals surface area contributed by atoms with E-state index in [-0.39, 0.29) is 18.4 Å². The molecule has 0 unspecified atom stereocenters. The average molecular weight is 233 g/mol. The molecular weight excluding hydrogens is 214 g/mol. The third kappa shape index (κ3) is 2.86. The van der Waals surface area contributed by atoms with Gasteiger partial charge in [-0.2, -0.15) is 0 Å². The number of nitrogens with two attached hydrogens (primary N) is 1. The van der Waals surface area contributed by atoms with Gasteiger partial charge in [-0.3, -0.25) is 4.79 Å². The van der Waals surface area contributed by atoms with E-state index in [9.17, 15) is 4.79 Å². The molecule has 1 aliphatic carbocycles. The molecule has 3 heteroatoms. The van der Waals surface area contributed by atoms with Crippen molar-refractivity contribution < 1.29 is 9.53 Å². The number of carbonyl (C=O) groups excluding carboxylic acids is 1. The summed E-state index contributed by atoms with van der Waals surface area (Å²) in [4.78, 5) is 11.4. The van der Waals surface area contributed by atoms with Crippen molar-refractivity contribution in [2.75, 3.05) is 6.61 Å². The van der Waals surface area contributed by atoms with Crippen LogP contribution in [0.2, 0.25) is 0 Å². The molecule has 0 amide bonds. The second kappa shape index (κ2) is 5.32. The summed E-state index contributed by atoms with van der Waals surface area (Å²) < 4.78 is 4.91. The molecule has 0 saturated heterocycles. The first-order chi connectivity index (χ1) is 8.20. The molecule has 92 valence electrons. The fourth-order valence-electron chi connectivity index (χ4n) is 2.34. The maximum Gasteiger partial charge on any atom is 0.307 e. The fraction of sp³-hybridized carbons (Fsp3) is 0.500. The zero-order valence-corrected chi connectivity index (χ0v) is 10.2. The zero-order valence-electron chi connectivity index (χ0n) is 10.2. The summed E-state index contributed by atoms with van der Waals surface area (Å²) in [7, 11) is 0. The zero-order chi connectivity index (χ0) is 12.3. The van der Waals surface area contributed by atoms with E-state index in [2.05, 4.69) is 12.1 Å². The number of carbonyl (C=O) groups is 1. The highest BCUT2D eigenvalue weighted by Gasteiger charge is 2.16. The third-order valence-electron chi connectivity index (χ3n) is 3.24. The Kier molecular flexibility index (Phi) is 3.79. The van der Waals surface area contributed by atoms with Gasteiger partial charge in [0.1, 0.15) is 0 Å². The third-order valence-corrected chi connectivity index (χ3v) is 3.24. The summed E-state index contributed by atoms with van der Waals surface area (Å²) in [5.74, 6) is -0.222. The Balaban J connectivity index is 2.04. The normalized spacial score (nSPS) is 15.4. The van der Waals surface area contributed by atoms with Gasteiger partial charge < -0.3 is 10.5 Å². The van der Waals surface area contributed by atoms with E-state index in [0.717, 1.165) is 12.0 Å². The van der Waals surface area contributed by atoms with Crippen molar-refractivity contribution in [3.63, 3.8) is 0 Å². The lowest BCUT2D eigenvalue weighted by Gasteiger charge is -2.12. The van der Waals surface area contributed by atoms with Gasteiger partial charge in [0.2, 0.25) is 0 Å². The monoisotopic (exact) mass is 233 g/mol. The standard InChI is InChI=1S/C14H19NO2/c1-2-17-14(16)9-13(15)12-7-6-10-4-3-5-11(10)8-12/h6-8,13H,2-5,9,15H2,1H3/t13-/m0/s1. The van der Waals surface area contributed by atoms with Crippen molar-refractivity contribution in [2.24, 2.45) is 5.73 Å². The molecule has 1 atom stereocenters. The van der Waals surface area contributed by atoms with Crippen LogP contribution < -0.4 is 5.73 Å². The molecule has 0 saturated carbocycles. The second-order valence-electron chi connectivity index (χ2n) is 4.50. The minimum absolute atomic E-state index is 0.222. The van der Waals surface area contributed by atoms with E-state index in [1.54, 1.807) is 6.92 Å². The summed E-state index contributed by atoms with van der Waals surface area (Å²) in [5.41, 5.74) is 9.88. The SMILES string of the molecule is CCOC(=O)C[C@H](N)c1ccc2c(c1)CCC2. The molecule has 1 aromatic rings. The predicted molar refractivity (Wildman–Crippen MR) is 66.6 cm³/mol. The average Bonchev–Trinajstić information content (AvgIpc) is 2.75. The summed E-state index contributed by atoms with van der Waals surface area (Å²) >= 11 is 0. The lowest BCUT2D eigenvalue weighted by Crippen LogP contribution is -2.17. The molecule has 0 aliphatic heterocycles. The molecule has 0 fully saturated rings. The number of esters is 1. The van der Waals surface area contributed by atoms with E-state index in [1.165, 1.54) is 24.0 Å². The van der Waals surface area contributed by atoms with Crippen LogP contribution in [-0.2, 0) is 22.4 Å². The van der Waals surface area contributed by atoms with E-state index in [4.69, 9.17) is 10.5 Å². The first-order valence-electron chi connectivity index (χ1n) is 6.23. The molecule has 1 aromatic carbocycles. The largest absolute Gasteiger partial charge is 0.466 e. The molecule has 0 spiro atoms. The minimum atomic E-state index is -0.250. The predicted octanol–water partition coefficient (Wildman–Crippen LogP) is 2.13. The number of fused-ring (bicyclic) bond motifs is 1. The van der Waals surface area contributed by atoms with Gasteiger partial charge in [-0.05, 0) is 42.9 Å². The molecule has 17 heavy (non-hydrogen) atoms. The van der Waals surface area contributed by atoms with Crippen molar-refractivity contribution in [1.29, 1.82) is 0 Å².